The number of hydrogen-bond donors (Lipinski definition) is 1. The van der Waals surface area contributed by atoms with Crippen LogP contribution >= 0.6 is 0 Å². The molecule has 8 nitrogen and oxygen atoms in total. The average molecular weight is 478 g/mol. The zero-order chi connectivity index (χ0) is 23.3. The van der Waals surface area contributed by atoms with Gasteiger partial charge in [0.15, 0.2) is 9.84 Å². The van der Waals surface area contributed by atoms with Crippen molar-refractivity contribution in [2.75, 3.05) is 29.5 Å². The number of nitrogens with zero attached hydrogens (tertiary/aromatic N) is 2. The summed E-state index contributed by atoms with van der Waals surface area (Å²) in [6.45, 7) is 4.55. The number of piperazine rings is 1. The number of aryl methyl sites for hydroxylation is 2. The maximum atomic E-state index is 13.2. The summed E-state index contributed by atoms with van der Waals surface area (Å²) in [5.74, 6) is -0.134. The van der Waals surface area contributed by atoms with Gasteiger partial charge in [-0.15, -0.1) is 0 Å². The van der Waals surface area contributed by atoms with Crippen LogP contribution in [0.15, 0.2) is 47.4 Å². The van der Waals surface area contributed by atoms with Gasteiger partial charge in [0.05, 0.1) is 29.0 Å². The van der Waals surface area contributed by atoms with Gasteiger partial charge in [0.25, 0.3) is 0 Å². The number of carbonyl (C=O) groups excluding carboxylic acids is 1. The second kappa shape index (κ2) is 8.26. The van der Waals surface area contributed by atoms with Crippen molar-refractivity contribution in [2.24, 2.45) is 5.14 Å². The second-order valence-corrected chi connectivity index (χ2v) is 12.4. The highest BCUT2D eigenvalue weighted by atomic mass is 32.2. The Morgan fingerprint density at radius 2 is 1.59 bits per heavy atom. The van der Waals surface area contributed by atoms with Gasteiger partial charge in [0, 0.05) is 18.3 Å². The Bertz CT molecular complexity index is 1240. The third-order valence-corrected chi connectivity index (χ3v) is 8.75. The van der Waals surface area contributed by atoms with E-state index in [9.17, 15) is 21.6 Å². The van der Waals surface area contributed by atoms with Crippen LogP contribution in [0.25, 0.3) is 0 Å². The first-order chi connectivity index (χ1) is 14.9. The summed E-state index contributed by atoms with van der Waals surface area (Å²) in [6, 6.07) is 11.5. The number of sulfone groups is 1. The highest BCUT2D eigenvalue weighted by Crippen LogP contribution is 2.32. The maximum Gasteiger partial charge on any atom is 0.241 e. The van der Waals surface area contributed by atoms with Crippen molar-refractivity contribution in [1.29, 1.82) is 0 Å². The number of rotatable bonds is 5. The molecule has 2 heterocycles. The monoisotopic (exact) mass is 477 g/mol. The van der Waals surface area contributed by atoms with Gasteiger partial charge in [0.2, 0.25) is 15.9 Å². The summed E-state index contributed by atoms with van der Waals surface area (Å²) in [4.78, 5) is 16.8. The molecule has 172 valence electrons. The van der Waals surface area contributed by atoms with Gasteiger partial charge in [-0.25, -0.2) is 22.0 Å². The quantitative estimate of drug-likeness (QED) is 0.687. The fraction of sp³-hybridized carbons (Fsp3) is 0.409. The lowest BCUT2D eigenvalue weighted by Crippen LogP contribution is -2.62. The number of nitrogens with two attached hydrogens (primary N) is 1. The molecule has 2 aromatic rings. The zero-order valence-corrected chi connectivity index (χ0v) is 19.7. The molecule has 2 aromatic carbocycles. The molecule has 2 saturated heterocycles. The van der Waals surface area contributed by atoms with Gasteiger partial charge in [-0.1, -0.05) is 18.2 Å². The summed E-state index contributed by atoms with van der Waals surface area (Å²) < 4.78 is 47.9. The SMILES string of the molecule is Cc1cc(C)cc(N2C(=O)CN(CCc3ccc(S(N)(=O)=O)cc3)[C@H]3CS(=O)(=O)C[C@H]32)c1. The molecule has 2 aliphatic rings. The van der Waals surface area contributed by atoms with Gasteiger partial charge in [0.1, 0.15) is 0 Å². The topological polar surface area (TPSA) is 118 Å². The summed E-state index contributed by atoms with van der Waals surface area (Å²) >= 11 is 0. The van der Waals surface area contributed by atoms with Crippen molar-refractivity contribution in [2.45, 2.75) is 37.2 Å². The molecule has 0 unspecified atom stereocenters. The molecule has 0 bridgehead atoms. The van der Waals surface area contributed by atoms with Gasteiger partial charge in [-0.3, -0.25) is 9.69 Å². The van der Waals surface area contributed by atoms with E-state index in [0.717, 1.165) is 22.4 Å². The first kappa shape index (κ1) is 22.9. The second-order valence-electron chi connectivity index (χ2n) is 8.73. The van der Waals surface area contributed by atoms with Gasteiger partial charge < -0.3 is 4.90 Å². The third-order valence-electron chi connectivity index (χ3n) is 6.13. The molecule has 2 aliphatic heterocycles. The van der Waals surface area contributed by atoms with Crippen LogP contribution < -0.4 is 10.0 Å². The lowest BCUT2D eigenvalue weighted by atomic mass is 10.0. The van der Waals surface area contributed by atoms with E-state index >= 15 is 0 Å². The van der Waals surface area contributed by atoms with E-state index in [0.29, 0.717) is 13.0 Å². The Hall–Kier alpha value is -2.27. The van der Waals surface area contributed by atoms with E-state index in [-0.39, 0.29) is 34.9 Å². The minimum atomic E-state index is -3.75. The summed E-state index contributed by atoms with van der Waals surface area (Å²) in [5.41, 5.74) is 3.68. The van der Waals surface area contributed by atoms with E-state index in [2.05, 4.69) is 0 Å². The Labute approximate surface area is 189 Å². The third kappa shape index (κ3) is 4.73. The maximum absolute atomic E-state index is 13.2. The molecule has 0 aliphatic carbocycles. The molecule has 1 amide bonds. The molecule has 2 atom stereocenters. The Kier molecular flexibility index (Phi) is 5.91. The normalized spacial score (nSPS) is 23.3. The van der Waals surface area contributed by atoms with E-state index in [1.165, 1.54) is 12.1 Å². The van der Waals surface area contributed by atoms with E-state index < -0.39 is 25.9 Å². The van der Waals surface area contributed by atoms with E-state index in [4.69, 9.17) is 5.14 Å². The van der Waals surface area contributed by atoms with Crippen molar-refractivity contribution in [3.63, 3.8) is 0 Å². The molecule has 2 fully saturated rings. The molecule has 0 saturated carbocycles. The van der Waals surface area contributed by atoms with Crippen LogP contribution in [0.4, 0.5) is 5.69 Å². The lowest BCUT2D eigenvalue weighted by Gasteiger charge is -2.43. The van der Waals surface area contributed by atoms with Crippen LogP contribution in [0.5, 0.6) is 0 Å². The summed E-state index contributed by atoms with van der Waals surface area (Å²) in [6.07, 6.45) is 0.561. The number of benzene rings is 2. The number of anilines is 1. The minimum Gasteiger partial charge on any atom is -0.306 e. The van der Waals surface area contributed by atoms with Crippen molar-refractivity contribution in [3.05, 3.63) is 59.2 Å². The van der Waals surface area contributed by atoms with E-state index in [1.807, 2.05) is 36.9 Å². The molecule has 10 heteroatoms. The largest absolute Gasteiger partial charge is 0.306 e. The van der Waals surface area contributed by atoms with Crippen molar-refractivity contribution >= 4 is 31.5 Å². The van der Waals surface area contributed by atoms with Crippen LogP contribution in [0, 0.1) is 13.8 Å². The molecule has 0 spiro atoms. The van der Waals surface area contributed by atoms with Crippen LogP contribution in [0.3, 0.4) is 0 Å². The van der Waals surface area contributed by atoms with Crippen LogP contribution in [0.2, 0.25) is 0 Å². The average Bonchev–Trinajstić information content (AvgIpc) is 2.99. The molecular formula is C22H27N3O5S2. The molecular weight excluding hydrogens is 450 g/mol. The van der Waals surface area contributed by atoms with Crippen LogP contribution in [-0.4, -0.2) is 64.3 Å². The van der Waals surface area contributed by atoms with Crippen molar-refractivity contribution < 1.29 is 21.6 Å². The Morgan fingerprint density at radius 3 is 2.19 bits per heavy atom. The predicted octanol–water partition coefficient (Wildman–Crippen LogP) is 1.01. The van der Waals surface area contributed by atoms with Crippen LogP contribution in [0.1, 0.15) is 16.7 Å². The van der Waals surface area contributed by atoms with Gasteiger partial charge >= 0.3 is 0 Å². The summed E-state index contributed by atoms with van der Waals surface area (Å²) in [5, 5.41) is 5.14. The minimum absolute atomic E-state index is 0.0244. The number of fused-ring (bicyclic) bond motifs is 1. The molecule has 4 rings (SSSR count). The van der Waals surface area contributed by atoms with Crippen molar-refractivity contribution in [3.8, 4) is 0 Å². The Morgan fingerprint density at radius 1 is 1.00 bits per heavy atom. The van der Waals surface area contributed by atoms with Crippen LogP contribution in [-0.2, 0) is 31.1 Å². The molecule has 0 radical (unpaired) electrons. The van der Waals surface area contributed by atoms with E-state index in [1.54, 1.807) is 17.0 Å². The highest BCUT2D eigenvalue weighted by Gasteiger charge is 2.49. The fourth-order valence-corrected chi connectivity index (χ4v) is 7.24. The first-order valence-electron chi connectivity index (χ1n) is 10.4. The first-order valence-corrected chi connectivity index (χ1v) is 13.8. The smallest absolute Gasteiger partial charge is 0.241 e. The fourth-order valence-electron chi connectivity index (χ4n) is 4.75. The number of carbonyl (C=O) groups is 1. The number of sulfonamides is 1. The molecule has 2 N–H and O–H groups in total. The lowest BCUT2D eigenvalue weighted by molar-refractivity contribution is -0.123. The zero-order valence-electron chi connectivity index (χ0n) is 18.1. The highest BCUT2D eigenvalue weighted by molar-refractivity contribution is 7.91. The molecule has 0 aromatic heterocycles. The van der Waals surface area contributed by atoms with Crippen molar-refractivity contribution in [1.82, 2.24) is 4.90 Å². The predicted molar refractivity (Wildman–Crippen MR) is 123 cm³/mol. The van der Waals surface area contributed by atoms with Gasteiger partial charge in [-0.2, -0.15) is 0 Å². The summed E-state index contributed by atoms with van der Waals surface area (Å²) in [7, 11) is -7.02. The number of hydrogen-bond acceptors (Lipinski definition) is 6. The standard InChI is InChI=1S/C22H27N3O5S2/c1-15-9-16(2)11-18(10-15)25-21-14-31(27,28)13-20(21)24(12-22(25)26)8-7-17-3-5-19(6-4-17)32(23,29)30/h3-6,9-11,20-21H,7-8,12-14H2,1-2H3,(H2,23,29,30)/t20-,21+/m0/s1. The van der Waals surface area contributed by atoms with Gasteiger partial charge in [-0.05, 0) is 61.2 Å². The number of amides is 1. The molecule has 32 heavy (non-hydrogen) atoms. The number of primary sulfonamides is 1. The Balaban J connectivity index is 1.56.